The number of carbonyl (C=O) groups excluding carboxylic acids is 1. The molecule has 1 heterocycles. The molecule has 0 fully saturated rings. The maximum absolute atomic E-state index is 12.6. The van der Waals surface area contributed by atoms with E-state index in [0.717, 1.165) is 16.6 Å². The largest absolute Gasteiger partial charge is 0.345 e. The first-order chi connectivity index (χ1) is 12.7. The first-order valence-electron chi connectivity index (χ1n) is 8.61. The quantitative estimate of drug-likeness (QED) is 0.593. The van der Waals surface area contributed by atoms with E-state index in [1.807, 2.05) is 55.5 Å². The molecule has 4 nitrogen and oxygen atoms in total. The Bertz CT molecular complexity index is 1050. The second kappa shape index (κ2) is 6.84. The Hall–Kier alpha value is -3.40. The lowest BCUT2D eigenvalue weighted by Crippen LogP contribution is -2.26. The van der Waals surface area contributed by atoms with E-state index < -0.39 is 0 Å². The van der Waals surface area contributed by atoms with Crippen molar-refractivity contribution in [3.63, 3.8) is 0 Å². The van der Waals surface area contributed by atoms with Crippen molar-refractivity contribution in [3.8, 4) is 5.69 Å². The topological polar surface area (TPSA) is 46.9 Å². The van der Waals surface area contributed by atoms with E-state index in [0.29, 0.717) is 5.56 Å². The van der Waals surface area contributed by atoms with Gasteiger partial charge in [-0.3, -0.25) is 4.79 Å². The molecule has 0 bridgehead atoms. The number of benzene rings is 3. The highest BCUT2D eigenvalue weighted by molar-refractivity contribution is 5.94. The molecule has 4 aromatic rings. The fourth-order valence-corrected chi connectivity index (χ4v) is 3.15. The van der Waals surface area contributed by atoms with Crippen LogP contribution < -0.4 is 5.32 Å². The Labute approximate surface area is 152 Å². The zero-order chi connectivity index (χ0) is 17.9. The molecular formula is C22H19N3O. The summed E-state index contributed by atoms with van der Waals surface area (Å²) in [6.45, 7) is 2.00. The van der Waals surface area contributed by atoms with Gasteiger partial charge in [-0.1, -0.05) is 60.7 Å². The Morgan fingerprint density at radius 2 is 1.69 bits per heavy atom. The summed E-state index contributed by atoms with van der Waals surface area (Å²) in [7, 11) is 0. The zero-order valence-electron chi connectivity index (χ0n) is 14.5. The molecule has 1 atom stereocenters. The summed E-state index contributed by atoms with van der Waals surface area (Å²) in [6, 6.07) is 24.0. The molecule has 26 heavy (non-hydrogen) atoms. The van der Waals surface area contributed by atoms with E-state index in [1.54, 1.807) is 17.1 Å². The van der Waals surface area contributed by atoms with Gasteiger partial charge in [-0.2, -0.15) is 5.10 Å². The van der Waals surface area contributed by atoms with Crippen molar-refractivity contribution >= 4 is 16.7 Å². The molecule has 1 amide bonds. The molecule has 0 aliphatic carbocycles. The predicted octanol–water partition coefficient (Wildman–Crippen LogP) is 4.52. The van der Waals surface area contributed by atoms with E-state index in [9.17, 15) is 4.79 Å². The number of nitrogens with one attached hydrogen (secondary N) is 1. The SMILES string of the molecule is CC(NC(=O)c1cnn(-c2ccccc2)c1)c1cccc2ccccc12. The van der Waals surface area contributed by atoms with Gasteiger partial charge in [0.25, 0.3) is 5.91 Å². The van der Waals surface area contributed by atoms with Gasteiger partial charge in [0.2, 0.25) is 0 Å². The lowest BCUT2D eigenvalue weighted by molar-refractivity contribution is 0.0940. The minimum atomic E-state index is -0.132. The van der Waals surface area contributed by atoms with Crippen LogP contribution >= 0.6 is 0 Å². The van der Waals surface area contributed by atoms with Crippen molar-refractivity contribution in [1.29, 1.82) is 0 Å². The maximum Gasteiger partial charge on any atom is 0.254 e. The van der Waals surface area contributed by atoms with E-state index in [-0.39, 0.29) is 11.9 Å². The van der Waals surface area contributed by atoms with Gasteiger partial charge in [0, 0.05) is 6.20 Å². The van der Waals surface area contributed by atoms with Crippen molar-refractivity contribution in [1.82, 2.24) is 15.1 Å². The smallest absolute Gasteiger partial charge is 0.254 e. The highest BCUT2D eigenvalue weighted by Crippen LogP contribution is 2.24. The minimum absolute atomic E-state index is 0.103. The molecule has 0 radical (unpaired) electrons. The van der Waals surface area contributed by atoms with Crippen LogP contribution in [-0.2, 0) is 0 Å². The number of para-hydroxylation sites is 1. The normalized spacial score (nSPS) is 12.0. The standard InChI is InChI=1S/C22H19N3O/c1-16(20-13-7-9-17-8-5-6-12-21(17)20)24-22(26)18-14-23-25(15-18)19-10-3-2-4-11-19/h2-16H,1H3,(H,24,26). The molecule has 0 saturated heterocycles. The molecule has 0 aliphatic rings. The monoisotopic (exact) mass is 341 g/mol. The lowest BCUT2D eigenvalue weighted by atomic mass is 9.99. The zero-order valence-corrected chi connectivity index (χ0v) is 14.5. The van der Waals surface area contributed by atoms with E-state index >= 15 is 0 Å². The van der Waals surface area contributed by atoms with Crippen molar-refractivity contribution < 1.29 is 4.79 Å². The number of nitrogens with zero attached hydrogens (tertiary/aromatic N) is 2. The Kier molecular flexibility index (Phi) is 4.23. The molecule has 1 N–H and O–H groups in total. The third-order valence-corrected chi connectivity index (χ3v) is 4.50. The Balaban J connectivity index is 1.55. The second-order valence-corrected chi connectivity index (χ2v) is 6.27. The summed E-state index contributed by atoms with van der Waals surface area (Å²) in [4.78, 5) is 12.6. The molecule has 3 aromatic carbocycles. The summed E-state index contributed by atoms with van der Waals surface area (Å²) in [5.41, 5.74) is 2.57. The summed E-state index contributed by atoms with van der Waals surface area (Å²) in [6.07, 6.45) is 3.35. The molecule has 0 saturated carbocycles. The Morgan fingerprint density at radius 1 is 0.962 bits per heavy atom. The van der Waals surface area contributed by atoms with Crippen LogP contribution in [0.25, 0.3) is 16.5 Å². The van der Waals surface area contributed by atoms with Gasteiger partial charge in [0.05, 0.1) is 23.5 Å². The summed E-state index contributed by atoms with van der Waals surface area (Å²) >= 11 is 0. The summed E-state index contributed by atoms with van der Waals surface area (Å²) in [5.74, 6) is -0.132. The number of amides is 1. The van der Waals surface area contributed by atoms with Gasteiger partial charge >= 0.3 is 0 Å². The third-order valence-electron chi connectivity index (χ3n) is 4.50. The van der Waals surface area contributed by atoms with E-state index in [1.165, 1.54) is 5.39 Å². The van der Waals surface area contributed by atoms with Crippen molar-refractivity contribution in [2.75, 3.05) is 0 Å². The average molecular weight is 341 g/mol. The van der Waals surface area contributed by atoms with Gasteiger partial charge in [-0.15, -0.1) is 0 Å². The average Bonchev–Trinajstić information content (AvgIpc) is 3.18. The highest BCUT2D eigenvalue weighted by Gasteiger charge is 2.15. The van der Waals surface area contributed by atoms with Crippen LogP contribution in [0, 0.1) is 0 Å². The molecule has 1 unspecified atom stereocenters. The van der Waals surface area contributed by atoms with Gasteiger partial charge in [-0.25, -0.2) is 4.68 Å². The van der Waals surface area contributed by atoms with Crippen LogP contribution in [0.5, 0.6) is 0 Å². The summed E-state index contributed by atoms with van der Waals surface area (Å²) in [5, 5.41) is 9.70. The van der Waals surface area contributed by atoms with Crippen LogP contribution in [0.3, 0.4) is 0 Å². The number of hydrogen-bond donors (Lipinski definition) is 1. The number of hydrogen-bond acceptors (Lipinski definition) is 2. The summed E-state index contributed by atoms with van der Waals surface area (Å²) < 4.78 is 1.71. The van der Waals surface area contributed by atoms with Gasteiger partial charge in [0.1, 0.15) is 0 Å². The van der Waals surface area contributed by atoms with E-state index in [4.69, 9.17) is 0 Å². The third kappa shape index (κ3) is 3.09. The van der Waals surface area contributed by atoms with Crippen LogP contribution in [0.1, 0.15) is 28.9 Å². The van der Waals surface area contributed by atoms with E-state index in [2.05, 4.69) is 34.7 Å². The van der Waals surface area contributed by atoms with Crippen LogP contribution in [0.2, 0.25) is 0 Å². The maximum atomic E-state index is 12.6. The van der Waals surface area contributed by atoms with Crippen LogP contribution in [0.4, 0.5) is 0 Å². The molecule has 0 spiro atoms. The van der Waals surface area contributed by atoms with Gasteiger partial charge in [-0.05, 0) is 35.4 Å². The van der Waals surface area contributed by atoms with Crippen LogP contribution in [0.15, 0.2) is 85.2 Å². The molecule has 4 heteroatoms. The van der Waals surface area contributed by atoms with Gasteiger partial charge < -0.3 is 5.32 Å². The van der Waals surface area contributed by atoms with Gasteiger partial charge in [0.15, 0.2) is 0 Å². The fraction of sp³-hybridized carbons (Fsp3) is 0.0909. The molecule has 128 valence electrons. The van der Waals surface area contributed by atoms with Crippen molar-refractivity contribution in [3.05, 3.63) is 96.3 Å². The Morgan fingerprint density at radius 3 is 2.54 bits per heavy atom. The molecule has 0 aliphatic heterocycles. The predicted molar refractivity (Wildman–Crippen MR) is 103 cm³/mol. The lowest BCUT2D eigenvalue weighted by Gasteiger charge is -2.16. The number of aromatic nitrogens is 2. The molecule has 1 aromatic heterocycles. The van der Waals surface area contributed by atoms with Crippen molar-refractivity contribution in [2.45, 2.75) is 13.0 Å². The fourth-order valence-electron chi connectivity index (χ4n) is 3.15. The van der Waals surface area contributed by atoms with Crippen LogP contribution in [-0.4, -0.2) is 15.7 Å². The number of rotatable bonds is 4. The first kappa shape index (κ1) is 16.1. The highest BCUT2D eigenvalue weighted by atomic mass is 16.1. The number of fused-ring (bicyclic) bond motifs is 1. The first-order valence-corrected chi connectivity index (χ1v) is 8.61. The van der Waals surface area contributed by atoms with Crippen molar-refractivity contribution in [2.24, 2.45) is 0 Å². The molecular weight excluding hydrogens is 322 g/mol. The second-order valence-electron chi connectivity index (χ2n) is 6.27. The molecule has 4 rings (SSSR count). The minimum Gasteiger partial charge on any atom is -0.345 e. The number of carbonyl (C=O) groups is 1.